The van der Waals surface area contributed by atoms with Gasteiger partial charge < -0.3 is 10.2 Å². The van der Waals surface area contributed by atoms with Crippen molar-refractivity contribution in [2.45, 2.75) is 45.1 Å². The van der Waals surface area contributed by atoms with Crippen LogP contribution in [-0.2, 0) is 0 Å². The van der Waals surface area contributed by atoms with Gasteiger partial charge in [-0.2, -0.15) is 0 Å². The fraction of sp³-hybridized carbons (Fsp3) is 1.00. The van der Waals surface area contributed by atoms with E-state index >= 15 is 0 Å². The molecule has 0 aromatic carbocycles. The van der Waals surface area contributed by atoms with Crippen molar-refractivity contribution < 1.29 is 0 Å². The van der Waals surface area contributed by atoms with E-state index < -0.39 is 0 Å². The van der Waals surface area contributed by atoms with Crippen molar-refractivity contribution in [3.05, 3.63) is 0 Å². The van der Waals surface area contributed by atoms with Crippen LogP contribution in [0.4, 0.5) is 0 Å². The van der Waals surface area contributed by atoms with Gasteiger partial charge in [-0.1, -0.05) is 19.8 Å². The summed E-state index contributed by atoms with van der Waals surface area (Å²) in [4.78, 5) is 2.43. The lowest BCUT2D eigenvalue weighted by Crippen LogP contribution is -2.36. The molecule has 88 valence electrons. The second-order valence-electron chi connectivity index (χ2n) is 5.79. The van der Waals surface area contributed by atoms with Gasteiger partial charge in [-0.15, -0.1) is 0 Å². The molecule has 1 N–H and O–H groups in total. The smallest absolute Gasteiger partial charge is 0.0207 e. The summed E-state index contributed by atoms with van der Waals surface area (Å²) in [6, 6.07) is 0.771. The molecule has 2 nitrogen and oxygen atoms in total. The predicted molar refractivity (Wildman–Crippen MR) is 65.0 cm³/mol. The molecule has 0 radical (unpaired) electrons. The first kappa shape index (κ1) is 11.4. The minimum atomic E-state index is 0.771. The highest BCUT2D eigenvalue weighted by Gasteiger charge is 2.22. The van der Waals surface area contributed by atoms with Gasteiger partial charge in [0.1, 0.15) is 0 Å². The molecule has 0 bridgehead atoms. The van der Waals surface area contributed by atoms with Gasteiger partial charge in [0.25, 0.3) is 0 Å². The zero-order chi connectivity index (χ0) is 10.7. The number of rotatable bonds is 3. The average Bonchev–Trinajstić information content (AvgIpc) is 2.62. The maximum Gasteiger partial charge on any atom is 0.0207 e. The summed E-state index contributed by atoms with van der Waals surface area (Å²) in [7, 11) is 2.23. The van der Waals surface area contributed by atoms with E-state index in [1.807, 2.05) is 0 Å². The van der Waals surface area contributed by atoms with Gasteiger partial charge in [-0.25, -0.2) is 0 Å². The van der Waals surface area contributed by atoms with E-state index in [0.29, 0.717) is 0 Å². The number of likely N-dealkylation sites (N-methyl/N-ethyl adjacent to an activating group) is 1. The second kappa shape index (κ2) is 5.31. The lowest BCUT2D eigenvalue weighted by atomic mass is 9.82. The Kier molecular flexibility index (Phi) is 4.04. The fourth-order valence-corrected chi connectivity index (χ4v) is 3.18. The molecule has 0 spiro atoms. The van der Waals surface area contributed by atoms with Crippen molar-refractivity contribution in [1.82, 2.24) is 10.2 Å². The number of hydrogen-bond acceptors (Lipinski definition) is 2. The summed E-state index contributed by atoms with van der Waals surface area (Å²) >= 11 is 0. The molecule has 1 aliphatic carbocycles. The number of nitrogens with zero attached hydrogens (tertiary/aromatic N) is 1. The van der Waals surface area contributed by atoms with E-state index in [4.69, 9.17) is 0 Å². The van der Waals surface area contributed by atoms with Crippen molar-refractivity contribution in [2.24, 2.45) is 11.8 Å². The van der Waals surface area contributed by atoms with E-state index in [1.54, 1.807) is 0 Å². The number of likely N-dealkylation sites (tertiary alicyclic amines) is 1. The molecule has 3 atom stereocenters. The van der Waals surface area contributed by atoms with Gasteiger partial charge in [-0.05, 0) is 51.2 Å². The summed E-state index contributed by atoms with van der Waals surface area (Å²) in [6.45, 7) is 6.21. The Bertz CT molecular complexity index is 193. The van der Waals surface area contributed by atoms with Gasteiger partial charge in [0.05, 0.1) is 0 Å². The SMILES string of the molecule is CC1CCCC(CNC2CCN(C)C2)C1. The molecular weight excluding hydrogens is 184 g/mol. The van der Waals surface area contributed by atoms with Crippen molar-refractivity contribution in [3.63, 3.8) is 0 Å². The monoisotopic (exact) mass is 210 g/mol. The first-order valence-electron chi connectivity index (χ1n) is 6.66. The van der Waals surface area contributed by atoms with Crippen LogP contribution in [0, 0.1) is 11.8 Å². The quantitative estimate of drug-likeness (QED) is 0.767. The summed E-state index contributed by atoms with van der Waals surface area (Å²) < 4.78 is 0. The topological polar surface area (TPSA) is 15.3 Å². The zero-order valence-corrected chi connectivity index (χ0v) is 10.3. The minimum Gasteiger partial charge on any atom is -0.312 e. The Balaban J connectivity index is 1.64. The molecule has 1 aliphatic heterocycles. The Labute approximate surface area is 94.4 Å². The van der Waals surface area contributed by atoms with Crippen molar-refractivity contribution in [1.29, 1.82) is 0 Å². The van der Waals surface area contributed by atoms with Gasteiger partial charge in [0.2, 0.25) is 0 Å². The van der Waals surface area contributed by atoms with Gasteiger partial charge in [-0.3, -0.25) is 0 Å². The van der Waals surface area contributed by atoms with Crippen LogP contribution in [0.1, 0.15) is 39.0 Å². The molecule has 2 aliphatic rings. The molecule has 1 heterocycles. The third-order valence-electron chi connectivity index (χ3n) is 4.13. The van der Waals surface area contributed by atoms with E-state index in [-0.39, 0.29) is 0 Å². The number of nitrogens with one attached hydrogen (secondary N) is 1. The average molecular weight is 210 g/mol. The Morgan fingerprint density at radius 1 is 1.27 bits per heavy atom. The first-order chi connectivity index (χ1) is 7.24. The van der Waals surface area contributed by atoms with Gasteiger partial charge in [0.15, 0.2) is 0 Å². The van der Waals surface area contributed by atoms with Crippen LogP contribution in [-0.4, -0.2) is 37.6 Å². The molecule has 3 unspecified atom stereocenters. The van der Waals surface area contributed by atoms with Crippen LogP contribution < -0.4 is 5.32 Å². The zero-order valence-electron chi connectivity index (χ0n) is 10.3. The van der Waals surface area contributed by atoms with Crippen LogP contribution >= 0.6 is 0 Å². The van der Waals surface area contributed by atoms with Crippen LogP contribution in [0.25, 0.3) is 0 Å². The lowest BCUT2D eigenvalue weighted by Gasteiger charge is -2.28. The van der Waals surface area contributed by atoms with Crippen molar-refractivity contribution >= 4 is 0 Å². The van der Waals surface area contributed by atoms with Crippen LogP contribution in [0.2, 0.25) is 0 Å². The van der Waals surface area contributed by atoms with E-state index in [9.17, 15) is 0 Å². The molecule has 1 saturated carbocycles. The summed E-state index contributed by atoms with van der Waals surface area (Å²) in [6.07, 6.45) is 7.18. The van der Waals surface area contributed by atoms with Crippen molar-refractivity contribution in [2.75, 3.05) is 26.7 Å². The summed E-state index contributed by atoms with van der Waals surface area (Å²) in [5, 5.41) is 3.76. The highest BCUT2D eigenvalue weighted by atomic mass is 15.2. The van der Waals surface area contributed by atoms with Crippen molar-refractivity contribution in [3.8, 4) is 0 Å². The Morgan fingerprint density at radius 2 is 2.13 bits per heavy atom. The lowest BCUT2D eigenvalue weighted by molar-refractivity contribution is 0.266. The molecule has 0 aromatic rings. The van der Waals surface area contributed by atoms with Crippen LogP contribution in [0.15, 0.2) is 0 Å². The van der Waals surface area contributed by atoms with E-state index in [2.05, 4.69) is 24.2 Å². The molecule has 0 amide bonds. The molecule has 15 heavy (non-hydrogen) atoms. The molecular formula is C13H26N2. The van der Waals surface area contributed by atoms with E-state index in [1.165, 1.54) is 51.7 Å². The largest absolute Gasteiger partial charge is 0.312 e. The molecule has 2 heteroatoms. The second-order valence-corrected chi connectivity index (χ2v) is 5.79. The molecule has 2 rings (SSSR count). The third-order valence-corrected chi connectivity index (χ3v) is 4.13. The summed E-state index contributed by atoms with van der Waals surface area (Å²) in [5.41, 5.74) is 0. The molecule has 1 saturated heterocycles. The minimum absolute atomic E-state index is 0.771. The number of hydrogen-bond donors (Lipinski definition) is 1. The standard InChI is InChI=1S/C13H26N2/c1-11-4-3-5-12(8-11)9-14-13-6-7-15(2)10-13/h11-14H,3-10H2,1-2H3. The maximum atomic E-state index is 3.76. The van der Waals surface area contributed by atoms with E-state index in [0.717, 1.165) is 17.9 Å². The highest BCUT2D eigenvalue weighted by Crippen LogP contribution is 2.28. The van der Waals surface area contributed by atoms with Gasteiger partial charge >= 0.3 is 0 Å². The Morgan fingerprint density at radius 3 is 2.80 bits per heavy atom. The molecule has 2 fully saturated rings. The van der Waals surface area contributed by atoms with Crippen LogP contribution in [0.5, 0.6) is 0 Å². The summed E-state index contributed by atoms with van der Waals surface area (Å²) in [5.74, 6) is 1.93. The first-order valence-corrected chi connectivity index (χ1v) is 6.66. The fourth-order valence-electron chi connectivity index (χ4n) is 3.18. The van der Waals surface area contributed by atoms with Crippen LogP contribution in [0.3, 0.4) is 0 Å². The normalized spacial score (nSPS) is 38.4. The Hall–Kier alpha value is -0.0800. The maximum absolute atomic E-state index is 3.76. The van der Waals surface area contributed by atoms with Gasteiger partial charge in [0, 0.05) is 12.6 Å². The molecule has 0 aromatic heterocycles. The third kappa shape index (κ3) is 3.46. The highest BCUT2D eigenvalue weighted by molar-refractivity contribution is 4.81. The predicted octanol–water partition coefficient (Wildman–Crippen LogP) is 2.11.